The number of hydrogen-bond acceptors (Lipinski definition) is 4. The van der Waals surface area contributed by atoms with Crippen molar-refractivity contribution in [2.75, 3.05) is 11.1 Å². The van der Waals surface area contributed by atoms with Gasteiger partial charge in [-0.25, -0.2) is 0 Å². The van der Waals surface area contributed by atoms with Gasteiger partial charge in [0.05, 0.1) is 11.3 Å². The number of nitrogens with one attached hydrogen (secondary N) is 2. The van der Waals surface area contributed by atoms with Gasteiger partial charge >= 0.3 is 0 Å². The Balaban J connectivity index is 2.11. The van der Waals surface area contributed by atoms with Crippen molar-refractivity contribution in [3.05, 3.63) is 59.7 Å². The largest absolute Gasteiger partial charge is 0.353 e. The normalized spacial score (nSPS) is 10.5. The van der Waals surface area contributed by atoms with Crippen LogP contribution in [0.4, 0.5) is 5.69 Å². The number of amides is 2. The van der Waals surface area contributed by atoms with Gasteiger partial charge in [0.15, 0.2) is 5.78 Å². The van der Waals surface area contributed by atoms with Crippen LogP contribution in [0.1, 0.15) is 41.5 Å². The zero-order chi connectivity index (χ0) is 19.1. The molecule has 0 aromatic heterocycles. The smallest absolute Gasteiger partial charge is 0.256 e. The molecule has 0 aliphatic heterocycles. The van der Waals surface area contributed by atoms with Crippen molar-refractivity contribution < 1.29 is 14.4 Å². The third kappa shape index (κ3) is 5.74. The van der Waals surface area contributed by atoms with Gasteiger partial charge in [-0.2, -0.15) is 0 Å². The second kappa shape index (κ2) is 9.20. The maximum absolute atomic E-state index is 12.6. The molecule has 2 N–H and O–H groups in total. The second-order valence-electron chi connectivity index (χ2n) is 6.10. The van der Waals surface area contributed by atoms with Gasteiger partial charge in [0.25, 0.3) is 5.91 Å². The van der Waals surface area contributed by atoms with Crippen molar-refractivity contribution in [1.29, 1.82) is 0 Å². The molecule has 0 fully saturated rings. The quantitative estimate of drug-likeness (QED) is 0.575. The first-order valence-corrected chi connectivity index (χ1v) is 9.29. The third-order valence-electron chi connectivity index (χ3n) is 3.47. The summed E-state index contributed by atoms with van der Waals surface area (Å²) in [7, 11) is 0. The predicted molar refractivity (Wildman–Crippen MR) is 105 cm³/mol. The van der Waals surface area contributed by atoms with E-state index in [2.05, 4.69) is 10.6 Å². The van der Waals surface area contributed by atoms with E-state index in [-0.39, 0.29) is 29.4 Å². The highest BCUT2D eigenvalue weighted by Gasteiger charge is 2.14. The lowest BCUT2D eigenvalue weighted by atomic mass is 10.1. The minimum absolute atomic E-state index is 0.0618. The number of thioether (sulfide) groups is 1. The lowest BCUT2D eigenvalue weighted by molar-refractivity contribution is -0.119. The summed E-state index contributed by atoms with van der Waals surface area (Å²) in [5, 5.41) is 5.63. The molecule has 0 aliphatic carbocycles. The molecule has 2 aromatic rings. The molecule has 2 rings (SSSR count). The Morgan fingerprint density at radius 2 is 1.77 bits per heavy atom. The van der Waals surface area contributed by atoms with Crippen molar-refractivity contribution in [2.24, 2.45) is 0 Å². The van der Waals surface area contributed by atoms with Gasteiger partial charge in [0.2, 0.25) is 5.91 Å². The Bertz CT molecular complexity index is 818. The van der Waals surface area contributed by atoms with E-state index in [1.165, 1.54) is 18.7 Å². The van der Waals surface area contributed by atoms with Gasteiger partial charge in [0.1, 0.15) is 0 Å². The lowest BCUT2D eigenvalue weighted by Crippen LogP contribution is -2.31. The molecule has 0 saturated heterocycles. The highest BCUT2D eigenvalue weighted by Crippen LogP contribution is 2.24. The molecule has 0 spiro atoms. The van der Waals surface area contributed by atoms with E-state index < -0.39 is 0 Å². The number of Topliss-reactive ketones (excluding diaryl/α,β-unsaturated/α-hetero) is 1. The second-order valence-corrected chi connectivity index (χ2v) is 7.12. The number of anilines is 1. The van der Waals surface area contributed by atoms with E-state index in [1.807, 2.05) is 26.0 Å². The van der Waals surface area contributed by atoms with Crippen LogP contribution in [0.15, 0.2) is 53.4 Å². The van der Waals surface area contributed by atoms with Gasteiger partial charge in [-0.1, -0.05) is 24.3 Å². The Morgan fingerprint density at radius 1 is 1.04 bits per heavy atom. The van der Waals surface area contributed by atoms with E-state index in [0.29, 0.717) is 16.8 Å². The zero-order valence-electron chi connectivity index (χ0n) is 15.0. The summed E-state index contributed by atoms with van der Waals surface area (Å²) in [5.41, 5.74) is 1.58. The van der Waals surface area contributed by atoms with Crippen molar-refractivity contribution in [2.45, 2.75) is 31.7 Å². The molecule has 0 bridgehead atoms. The lowest BCUT2D eigenvalue weighted by Gasteiger charge is -2.11. The van der Waals surface area contributed by atoms with E-state index in [9.17, 15) is 14.4 Å². The molecule has 0 radical (unpaired) electrons. The molecule has 26 heavy (non-hydrogen) atoms. The number of ketones is 1. The van der Waals surface area contributed by atoms with Crippen molar-refractivity contribution in [3.8, 4) is 0 Å². The summed E-state index contributed by atoms with van der Waals surface area (Å²) in [5.74, 6) is -0.178. The molecule has 2 amide bonds. The minimum Gasteiger partial charge on any atom is -0.353 e. The van der Waals surface area contributed by atoms with E-state index in [4.69, 9.17) is 0 Å². The van der Waals surface area contributed by atoms with Crippen LogP contribution in [0.25, 0.3) is 0 Å². The first kappa shape index (κ1) is 19.7. The molecular weight excluding hydrogens is 348 g/mol. The van der Waals surface area contributed by atoms with Gasteiger partial charge in [-0.3, -0.25) is 14.4 Å². The summed E-state index contributed by atoms with van der Waals surface area (Å²) < 4.78 is 0. The summed E-state index contributed by atoms with van der Waals surface area (Å²) in [6.45, 7) is 5.29. The Labute approximate surface area is 157 Å². The van der Waals surface area contributed by atoms with Crippen LogP contribution in [-0.2, 0) is 4.79 Å². The number of rotatable bonds is 7. The topological polar surface area (TPSA) is 75.3 Å². The number of carbonyl (C=O) groups excluding carboxylic acids is 3. The van der Waals surface area contributed by atoms with Crippen molar-refractivity contribution in [1.82, 2.24) is 5.32 Å². The Hall–Kier alpha value is -2.60. The molecule has 5 nitrogen and oxygen atoms in total. The first-order chi connectivity index (χ1) is 12.4. The number of benzene rings is 2. The highest BCUT2D eigenvalue weighted by atomic mass is 32.2. The van der Waals surface area contributed by atoms with E-state index in [0.717, 1.165) is 4.90 Å². The van der Waals surface area contributed by atoms with Crippen molar-refractivity contribution in [3.63, 3.8) is 0 Å². The SMILES string of the molecule is CC(=O)c1cccc(NC(=O)c2ccccc2SCC(=O)NC(C)C)c1. The Morgan fingerprint density at radius 3 is 2.46 bits per heavy atom. The maximum Gasteiger partial charge on any atom is 0.256 e. The van der Waals surface area contributed by atoms with E-state index >= 15 is 0 Å². The fraction of sp³-hybridized carbons (Fsp3) is 0.250. The fourth-order valence-corrected chi connectivity index (χ4v) is 3.16. The van der Waals surface area contributed by atoms with Gasteiger partial charge < -0.3 is 10.6 Å². The molecule has 2 aromatic carbocycles. The summed E-state index contributed by atoms with van der Waals surface area (Å²) in [4.78, 5) is 36.7. The van der Waals surface area contributed by atoms with Crippen molar-refractivity contribution >= 4 is 35.0 Å². The van der Waals surface area contributed by atoms with Crippen LogP contribution >= 0.6 is 11.8 Å². The molecule has 136 valence electrons. The third-order valence-corrected chi connectivity index (χ3v) is 4.54. The molecule has 0 heterocycles. The number of carbonyl (C=O) groups is 3. The fourth-order valence-electron chi connectivity index (χ4n) is 2.30. The first-order valence-electron chi connectivity index (χ1n) is 8.30. The molecule has 6 heteroatoms. The standard InChI is InChI=1S/C20H22N2O3S/c1-13(2)21-19(24)12-26-18-10-5-4-9-17(18)20(25)22-16-8-6-7-15(11-16)14(3)23/h4-11,13H,12H2,1-3H3,(H,21,24)(H,22,25). The van der Waals surface area contributed by atoms with Crippen LogP contribution < -0.4 is 10.6 Å². The predicted octanol–water partition coefficient (Wildman–Crippen LogP) is 3.76. The highest BCUT2D eigenvalue weighted by molar-refractivity contribution is 8.00. The maximum atomic E-state index is 12.6. The summed E-state index contributed by atoms with van der Waals surface area (Å²) in [6.07, 6.45) is 0. The zero-order valence-corrected chi connectivity index (χ0v) is 15.9. The summed E-state index contributed by atoms with van der Waals surface area (Å²) >= 11 is 1.32. The Kier molecular flexibility index (Phi) is 6.97. The summed E-state index contributed by atoms with van der Waals surface area (Å²) in [6, 6.07) is 14.0. The van der Waals surface area contributed by atoms with Gasteiger partial charge in [-0.15, -0.1) is 11.8 Å². The molecule has 0 atom stereocenters. The average Bonchev–Trinajstić information content (AvgIpc) is 2.59. The average molecular weight is 370 g/mol. The van der Waals surface area contributed by atoms with Gasteiger partial charge in [0, 0.05) is 22.2 Å². The van der Waals surface area contributed by atoms with Gasteiger partial charge in [-0.05, 0) is 45.0 Å². The number of hydrogen-bond donors (Lipinski definition) is 2. The molecule has 0 saturated carbocycles. The van der Waals surface area contributed by atoms with Crippen LogP contribution in [0.3, 0.4) is 0 Å². The van der Waals surface area contributed by atoms with E-state index in [1.54, 1.807) is 36.4 Å². The van der Waals surface area contributed by atoms with Crippen LogP contribution in [-0.4, -0.2) is 29.4 Å². The monoisotopic (exact) mass is 370 g/mol. The molecular formula is C20H22N2O3S. The minimum atomic E-state index is -0.280. The van der Waals surface area contributed by atoms with Crippen LogP contribution in [0.5, 0.6) is 0 Å². The molecule has 0 unspecified atom stereocenters. The van der Waals surface area contributed by atoms with Crippen LogP contribution in [0, 0.1) is 0 Å². The molecule has 0 aliphatic rings. The van der Waals surface area contributed by atoms with Crippen LogP contribution in [0.2, 0.25) is 0 Å².